The molecule has 1 aromatic rings. The van der Waals surface area contributed by atoms with Crippen LogP contribution in [-0.4, -0.2) is 38.4 Å². The van der Waals surface area contributed by atoms with Crippen molar-refractivity contribution in [3.63, 3.8) is 0 Å². The zero-order valence-corrected chi connectivity index (χ0v) is 12.4. The number of sulfonamides is 1. The van der Waals surface area contributed by atoms with E-state index in [-0.39, 0.29) is 13.2 Å². The standard InChI is InChI=1S/C12H16F2N2O4S/c1-3-16(7-12(17)20-4-2)21(18,19)11-6-10(15)8(13)5-9(11)14/h5-6H,3-4,7,15H2,1-2H3. The molecule has 0 aromatic heterocycles. The quantitative estimate of drug-likeness (QED) is 0.626. The Kier molecular flexibility index (Phi) is 5.62. The topological polar surface area (TPSA) is 89.7 Å². The van der Waals surface area contributed by atoms with Gasteiger partial charge >= 0.3 is 5.97 Å². The van der Waals surface area contributed by atoms with Gasteiger partial charge in [0.25, 0.3) is 0 Å². The molecule has 0 saturated heterocycles. The Bertz CT molecular complexity index is 634. The molecule has 0 spiro atoms. The first kappa shape index (κ1) is 17.3. The Labute approximate surface area is 121 Å². The monoisotopic (exact) mass is 322 g/mol. The second-order valence-corrected chi connectivity index (χ2v) is 5.95. The van der Waals surface area contributed by atoms with Gasteiger partial charge in [0, 0.05) is 12.6 Å². The Balaban J connectivity index is 3.19. The number of hydrogen-bond acceptors (Lipinski definition) is 5. The Morgan fingerprint density at radius 3 is 2.43 bits per heavy atom. The normalized spacial score (nSPS) is 11.7. The fraction of sp³-hybridized carbons (Fsp3) is 0.417. The van der Waals surface area contributed by atoms with Crippen LogP contribution in [0, 0.1) is 11.6 Å². The third-order valence-corrected chi connectivity index (χ3v) is 4.57. The second-order valence-electron chi connectivity index (χ2n) is 4.04. The van der Waals surface area contributed by atoms with Crippen molar-refractivity contribution in [2.75, 3.05) is 25.4 Å². The molecule has 0 fully saturated rings. The summed E-state index contributed by atoms with van der Waals surface area (Å²) in [6.07, 6.45) is 0. The second kappa shape index (κ2) is 6.81. The van der Waals surface area contributed by atoms with E-state index in [1.54, 1.807) is 6.92 Å². The van der Waals surface area contributed by atoms with Gasteiger partial charge in [-0.2, -0.15) is 4.31 Å². The van der Waals surface area contributed by atoms with Crippen molar-refractivity contribution in [1.29, 1.82) is 0 Å². The zero-order valence-electron chi connectivity index (χ0n) is 11.6. The minimum Gasteiger partial charge on any atom is -0.465 e. The van der Waals surface area contributed by atoms with E-state index in [1.165, 1.54) is 6.92 Å². The molecule has 0 aliphatic heterocycles. The van der Waals surface area contributed by atoms with Crippen LogP contribution in [-0.2, 0) is 19.6 Å². The fourth-order valence-electron chi connectivity index (χ4n) is 1.60. The molecule has 2 N–H and O–H groups in total. The number of rotatable bonds is 6. The van der Waals surface area contributed by atoms with E-state index in [4.69, 9.17) is 5.73 Å². The van der Waals surface area contributed by atoms with Crippen LogP contribution < -0.4 is 5.73 Å². The van der Waals surface area contributed by atoms with Crippen LogP contribution in [0.25, 0.3) is 0 Å². The van der Waals surface area contributed by atoms with E-state index in [9.17, 15) is 22.0 Å². The summed E-state index contributed by atoms with van der Waals surface area (Å²) < 4.78 is 56.7. The first-order valence-corrected chi connectivity index (χ1v) is 7.58. The molecular weight excluding hydrogens is 306 g/mol. The molecule has 0 heterocycles. The van der Waals surface area contributed by atoms with Gasteiger partial charge in [0.15, 0.2) is 0 Å². The van der Waals surface area contributed by atoms with Crippen molar-refractivity contribution in [2.45, 2.75) is 18.7 Å². The molecule has 1 rings (SSSR count). The van der Waals surface area contributed by atoms with Crippen molar-refractivity contribution in [1.82, 2.24) is 4.31 Å². The summed E-state index contributed by atoms with van der Waals surface area (Å²) in [5, 5.41) is 0. The van der Waals surface area contributed by atoms with Crippen LogP contribution in [0.15, 0.2) is 17.0 Å². The molecule has 1 aromatic carbocycles. The highest BCUT2D eigenvalue weighted by molar-refractivity contribution is 7.89. The molecule has 0 atom stereocenters. The molecule has 0 unspecified atom stereocenters. The number of anilines is 1. The van der Waals surface area contributed by atoms with Gasteiger partial charge in [-0.15, -0.1) is 0 Å². The lowest BCUT2D eigenvalue weighted by Gasteiger charge is -2.20. The third-order valence-electron chi connectivity index (χ3n) is 2.63. The van der Waals surface area contributed by atoms with E-state index in [2.05, 4.69) is 4.74 Å². The van der Waals surface area contributed by atoms with Crippen LogP contribution >= 0.6 is 0 Å². The van der Waals surface area contributed by atoms with Gasteiger partial charge < -0.3 is 10.5 Å². The summed E-state index contributed by atoms with van der Waals surface area (Å²) in [6.45, 7) is 2.49. The summed E-state index contributed by atoms with van der Waals surface area (Å²) in [7, 11) is -4.32. The Morgan fingerprint density at radius 1 is 1.29 bits per heavy atom. The lowest BCUT2D eigenvalue weighted by atomic mass is 10.3. The molecule has 0 radical (unpaired) electrons. The van der Waals surface area contributed by atoms with Gasteiger partial charge in [0.2, 0.25) is 10.0 Å². The molecule has 118 valence electrons. The van der Waals surface area contributed by atoms with Crippen molar-refractivity contribution in [3.8, 4) is 0 Å². The number of esters is 1. The van der Waals surface area contributed by atoms with Gasteiger partial charge in [0.05, 0.1) is 12.3 Å². The molecule has 9 heteroatoms. The summed E-state index contributed by atoms with van der Waals surface area (Å²) >= 11 is 0. The Hall–Kier alpha value is -1.74. The van der Waals surface area contributed by atoms with Gasteiger partial charge in [-0.1, -0.05) is 6.92 Å². The average Bonchev–Trinajstić information content (AvgIpc) is 2.40. The van der Waals surface area contributed by atoms with Crippen LogP contribution in [0.1, 0.15) is 13.8 Å². The van der Waals surface area contributed by atoms with Crippen LogP contribution in [0.5, 0.6) is 0 Å². The van der Waals surface area contributed by atoms with Crippen LogP contribution in [0.4, 0.5) is 14.5 Å². The summed E-state index contributed by atoms with van der Waals surface area (Å²) in [5.41, 5.74) is 4.76. The highest BCUT2D eigenvalue weighted by Crippen LogP contribution is 2.24. The van der Waals surface area contributed by atoms with E-state index < -0.39 is 44.8 Å². The number of nitrogen functional groups attached to an aromatic ring is 1. The van der Waals surface area contributed by atoms with Crippen molar-refractivity contribution in [2.24, 2.45) is 0 Å². The predicted octanol–water partition coefficient (Wildman–Crippen LogP) is 1.12. The van der Waals surface area contributed by atoms with Gasteiger partial charge in [-0.3, -0.25) is 4.79 Å². The SMILES string of the molecule is CCOC(=O)CN(CC)S(=O)(=O)c1cc(N)c(F)cc1F. The van der Waals surface area contributed by atoms with E-state index in [0.717, 1.165) is 4.31 Å². The van der Waals surface area contributed by atoms with Crippen LogP contribution in [0.3, 0.4) is 0 Å². The lowest BCUT2D eigenvalue weighted by Crippen LogP contribution is -2.36. The molecular formula is C12H16F2N2O4S. The van der Waals surface area contributed by atoms with E-state index in [1.807, 2.05) is 0 Å². The highest BCUT2D eigenvalue weighted by atomic mass is 32.2. The summed E-state index contributed by atoms with van der Waals surface area (Å²) in [4.78, 5) is 10.6. The number of benzene rings is 1. The van der Waals surface area contributed by atoms with Gasteiger partial charge in [-0.05, 0) is 13.0 Å². The fourth-order valence-corrected chi connectivity index (χ4v) is 3.07. The smallest absolute Gasteiger partial charge is 0.321 e. The molecule has 0 saturated carbocycles. The molecule has 21 heavy (non-hydrogen) atoms. The summed E-state index contributed by atoms with van der Waals surface area (Å²) in [5.74, 6) is -3.10. The molecule has 0 aliphatic carbocycles. The Morgan fingerprint density at radius 2 is 1.90 bits per heavy atom. The number of likely N-dealkylation sites (N-methyl/N-ethyl adjacent to an activating group) is 1. The predicted molar refractivity (Wildman–Crippen MR) is 71.8 cm³/mol. The van der Waals surface area contributed by atoms with Gasteiger partial charge in [0.1, 0.15) is 23.1 Å². The number of carbonyl (C=O) groups excluding carboxylic acids is 1. The number of carbonyl (C=O) groups is 1. The van der Waals surface area contributed by atoms with Crippen LogP contribution in [0.2, 0.25) is 0 Å². The number of nitrogens with two attached hydrogens (primary N) is 1. The maximum atomic E-state index is 13.7. The minimum atomic E-state index is -4.32. The number of nitrogens with zero attached hydrogens (tertiary/aromatic N) is 1. The summed E-state index contributed by atoms with van der Waals surface area (Å²) in [6, 6.07) is 1.08. The van der Waals surface area contributed by atoms with E-state index in [0.29, 0.717) is 12.1 Å². The molecule has 0 aliphatic rings. The third kappa shape index (κ3) is 3.88. The highest BCUT2D eigenvalue weighted by Gasteiger charge is 2.29. The molecule has 0 amide bonds. The number of ether oxygens (including phenoxy) is 1. The number of halogens is 2. The average molecular weight is 322 g/mol. The van der Waals surface area contributed by atoms with Crippen molar-refractivity contribution in [3.05, 3.63) is 23.8 Å². The first-order chi connectivity index (χ1) is 9.73. The molecule has 6 nitrogen and oxygen atoms in total. The van der Waals surface area contributed by atoms with Crippen molar-refractivity contribution >= 4 is 21.7 Å². The maximum Gasteiger partial charge on any atom is 0.321 e. The first-order valence-electron chi connectivity index (χ1n) is 6.14. The van der Waals surface area contributed by atoms with Gasteiger partial charge in [-0.25, -0.2) is 17.2 Å². The number of hydrogen-bond donors (Lipinski definition) is 1. The molecule has 0 bridgehead atoms. The minimum absolute atomic E-state index is 0.0854. The zero-order chi connectivity index (χ0) is 16.2. The van der Waals surface area contributed by atoms with E-state index >= 15 is 0 Å². The lowest BCUT2D eigenvalue weighted by molar-refractivity contribution is -0.143. The van der Waals surface area contributed by atoms with Crippen molar-refractivity contribution < 1.29 is 26.7 Å². The maximum absolute atomic E-state index is 13.7. The largest absolute Gasteiger partial charge is 0.465 e.